The van der Waals surface area contributed by atoms with Crippen LogP contribution in [0.5, 0.6) is 0 Å². The van der Waals surface area contributed by atoms with Crippen molar-refractivity contribution in [1.29, 1.82) is 0 Å². The fraction of sp³-hybridized carbons (Fsp3) is 0.333. The molecule has 0 saturated heterocycles. The third-order valence-electron chi connectivity index (χ3n) is 2.71. The monoisotopic (exact) mass is 203 g/mol. The maximum atomic E-state index is 3.30. The van der Waals surface area contributed by atoms with Gasteiger partial charge in [0.1, 0.15) is 0 Å². The van der Waals surface area contributed by atoms with Gasteiger partial charge in [-0.25, -0.2) is 0 Å². The third kappa shape index (κ3) is 1.76. The Morgan fingerprint density at radius 1 is 1.27 bits per heavy atom. The van der Waals surface area contributed by atoms with Gasteiger partial charge in [-0.3, -0.25) is 4.90 Å². The van der Waals surface area contributed by atoms with Gasteiger partial charge in [0.25, 0.3) is 0 Å². The molecule has 1 aromatic carbocycles. The third-order valence-corrected chi connectivity index (χ3v) is 2.71. The second-order valence-electron chi connectivity index (χ2n) is 3.94. The lowest BCUT2D eigenvalue weighted by Crippen LogP contribution is -2.30. The molecule has 1 atom stereocenters. The minimum atomic E-state index is 0.251. The highest BCUT2D eigenvalue weighted by atomic mass is 15.2. The highest BCUT2D eigenvalue weighted by molar-refractivity contribution is 5.83. The Hall–Kier alpha value is -1.32. The molecule has 0 fully saturated rings. The van der Waals surface area contributed by atoms with Crippen molar-refractivity contribution in [2.24, 2.45) is 0 Å². The predicted molar refractivity (Wildman–Crippen MR) is 63.8 cm³/mol. The van der Waals surface area contributed by atoms with E-state index < -0.39 is 0 Å². The van der Waals surface area contributed by atoms with Gasteiger partial charge < -0.3 is 10.3 Å². The summed E-state index contributed by atoms with van der Waals surface area (Å²) in [5.41, 5.74) is 2.48. The molecule has 15 heavy (non-hydrogen) atoms. The predicted octanol–water partition coefficient (Wildman–Crippen LogP) is 1.95. The van der Waals surface area contributed by atoms with Crippen LogP contribution in [0.3, 0.4) is 0 Å². The summed E-state index contributed by atoms with van der Waals surface area (Å²) in [6.45, 7) is 0. The molecular weight excluding hydrogens is 186 g/mol. The number of rotatable bonds is 3. The van der Waals surface area contributed by atoms with E-state index in [0.29, 0.717) is 0 Å². The maximum absolute atomic E-state index is 3.30. The van der Waals surface area contributed by atoms with E-state index in [1.54, 1.807) is 0 Å². The summed E-state index contributed by atoms with van der Waals surface area (Å²) in [7, 11) is 6.12. The first-order chi connectivity index (χ1) is 7.24. The van der Waals surface area contributed by atoms with Gasteiger partial charge >= 0.3 is 0 Å². The summed E-state index contributed by atoms with van der Waals surface area (Å²) in [5.74, 6) is 0. The molecule has 0 amide bonds. The standard InChI is InChI=1S/C12H17N3/c1-13-12(15(2)3)10-8-14-11-7-5-4-6-9(10)11/h4-8,12-14H,1-3H3. The molecule has 3 heteroatoms. The number of aromatic nitrogens is 1. The van der Waals surface area contributed by atoms with Crippen LogP contribution in [-0.2, 0) is 0 Å². The Kier molecular flexibility index (Phi) is 2.75. The summed E-state index contributed by atoms with van der Waals surface area (Å²) in [5, 5.41) is 4.58. The first-order valence-electron chi connectivity index (χ1n) is 5.13. The molecule has 0 spiro atoms. The minimum absolute atomic E-state index is 0.251. The van der Waals surface area contributed by atoms with Gasteiger partial charge in [0.05, 0.1) is 6.17 Å². The number of benzene rings is 1. The number of hydrogen-bond acceptors (Lipinski definition) is 2. The first kappa shape index (κ1) is 10.2. The van der Waals surface area contributed by atoms with Crippen LogP contribution >= 0.6 is 0 Å². The van der Waals surface area contributed by atoms with Crippen molar-refractivity contribution in [3.63, 3.8) is 0 Å². The zero-order valence-corrected chi connectivity index (χ0v) is 9.41. The number of H-pyrrole nitrogens is 1. The topological polar surface area (TPSA) is 31.1 Å². The molecule has 0 aliphatic rings. The molecular formula is C12H17N3. The fourth-order valence-electron chi connectivity index (χ4n) is 2.01. The van der Waals surface area contributed by atoms with E-state index in [4.69, 9.17) is 0 Å². The average Bonchev–Trinajstić information content (AvgIpc) is 2.63. The van der Waals surface area contributed by atoms with Crippen molar-refractivity contribution in [3.05, 3.63) is 36.0 Å². The lowest BCUT2D eigenvalue weighted by molar-refractivity contribution is 0.266. The van der Waals surface area contributed by atoms with Crippen LogP contribution < -0.4 is 5.32 Å². The molecule has 80 valence electrons. The van der Waals surface area contributed by atoms with E-state index in [0.717, 1.165) is 0 Å². The molecule has 2 N–H and O–H groups in total. The van der Waals surface area contributed by atoms with E-state index in [-0.39, 0.29) is 6.17 Å². The van der Waals surface area contributed by atoms with E-state index in [1.807, 2.05) is 13.1 Å². The van der Waals surface area contributed by atoms with Crippen molar-refractivity contribution < 1.29 is 0 Å². The fourth-order valence-corrected chi connectivity index (χ4v) is 2.01. The van der Waals surface area contributed by atoms with Gasteiger partial charge in [-0.05, 0) is 27.2 Å². The van der Waals surface area contributed by atoms with Gasteiger partial charge in [0.15, 0.2) is 0 Å². The minimum Gasteiger partial charge on any atom is -0.361 e. The molecule has 1 heterocycles. The van der Waals surface area contributed by atoms with Gasteiger partial charge in [-0.2, -0.15) is 0 Å². The molecule has 2 rings (SSSR count). The maximum Gasteiger partial charge on any atom is 0.0874 e. The number of para-hydroxylation sites is 1. The van der Waals surface area contributed by atoms with Crippen molar-refractivity contribution in [2.45, 2.75) is 6.17 Å². The molecule has 0 bridgehead atoms. The van der Waals surface area contributed by atoms with Gasteiger partial charge in [-0.15, -0.1) is 0 Å². The highest BCUT2D eigenvalue weighted by Crippen LogP contribution is 2.24. The van der Waals surface area contributed by atoms with Crippen LogP contribution in [0.2, 0.25) is 0 Å². The SMILES string of the molecule is CNC(c1c[nH]c2ccccc12)N(C)C. The largest absolute Gasteiger partial charge is 0.361 e. The second-order valence-corrected chi connectivity index (χ2v) is 3.94. The van der Waals surface area contributed by atoms with E-state index in [1.165, 1.54) is 16.5 Å². The molecule has 2 aromatic rings. The van der Waals surface area contributed by atoms with Crippen LogP contribution in [0, 0.1) is 0 Å². The Labute approximate surface area is 90.1 Å². The Balaban J connectivity index is 2.51. The van der Waals surface area contributed by atoms with E-state index in [2.05, 4.69) is 53.7 Å². The average molecular weight is 203 g/mol. The van der Waals surface area contributed by atoms with Crippen molar-refractivity contribution in [2.75, 3.05) is 21.1 Å². The highest BCUT2D eigenvalue weighted by Gasteiger charge is 2.15. The summed E-state index contributed by atoms with van der Waals surface area (Å²) in [6.07, 6.45) is 2.33. The van der Waals surface area contributed by atoms with E-state index in [9.17, 15) is 0 Å². The van der Waals surface area contributed by atoms with Crippen LogP contribution in [0.1, 0.15) is 11.7 Å². The molecule has 0 radical (unpaired) electrons. The molecule has 0 aliphatic heterocycles. The van der Waals surface area contributed by atoms with Crippen LogP contribution in [0.15, 0.2) is 30.5 Å². The van der Waals surface area contributed by atoms with E-state index >= 15 is 0 Å². The smallest absolute Gasteiger partial charge is 0.0874 e. The number of aromatic amines is 1. The van der Waals surface area contributed by atoms with Gasteiger partial charge in [0.2, 0.25) is 0 Å². The van der Waals surface area contributed by atoms with Crippen LogP contribution in [0.25, 0.3) is 10.9 Å². The molecule has 0 saturated carbocycles. The van der Waals surface area contributed by atoms with Crippen LogP contribution in [0.4, 0.5) is 0 Å². The summed E-state index contributed by atoms with van der Waals surface area (Å²) in [6, 6.07) is 8.37. The first-order valence-corrected chi connectivity index (χ1v) is 5.13. The number of fused-ring (bicyclic) bond motifs is 1. The molecule has 1 unspecified atom stereocenters. The lowest BCUT2D eigenvalue weighted by Gasteiger charge is -2.23. The number of nitrogens with zero attached hydrogens (tertiary/aromatic N) is 1. The summed E-state index contributed by atoms with van der Waals surface area (Å²) >= 11 is 0. The van der Waals surface area contributed by atoms with Gasteiger partial charge in [-0.1, -0.05) is 18.2 Å². The zero-order valence-electron chi connectivity index (χ0n) is 9.41. The molecule has 0 aliphatic carbocycles. The van der Waals surface area contributed by atoms with Gasteiger partial charge in [0, 0.05) is 22.7 Å². The summed E-state index contributed by atoms with van der Waals surface area (Å²) < 4.78 is 0. The lowest BCUT2D eigenvalue weighted by atomic mass is 10.1. The summed E-state index contributed by atoms with van der Waals surface area (Å²) in [4.78, 5) is 5.45. The number of nitrogens with one attached hydrogen (secondary N) is 2. The normalized spacial score (nSPS) is 13.6. The molecule has 3 nitrogen and oxygen atoms in total. The van der Waals surface area contributed by atoms with Crippen molar-refractivity contribution in [3.8, 4) is 0 Å². The van der Waals surface area contributed by atoms with Crippen LogP contribution in [-0.4, -0.2) is 31.0 Å². The quantitative estimate of drug-likeness (QED) is 0.747. The Bertz CT molecular complexity index is 445. The zero-order chi connectivity index (χ0) is 10.8. The Morgan fingerprint density at radius 2 is 2.00 bits per heavy atom. The van der Waals surface area contributed by atoms with Crippen molar-refractivity contribution >= 4 is 10.9 Å². The second kappa shape index (κ2) is 4.04. The molecule has 1 aromatic heterocycles. The Morgan fingerprint density at radius 3 is 2.67 bits per heavy atom. The van der Waals surface area contributed by atoms with Crippen molar-refractivity contribution in [1.82, 2.24) is 15.2 Å². The number of hydrogen-bond donors (Lipinski definition) is 2.